The molecule has 0 aromatic heterocycles. The largest absolute Gasteiger partial charge is 0.295 e. The summed E-state index contributed by atoms with van der Waals surface area (Å²) in [6, 6.07) is 0. The first-order valence-electron chi connectivity index (χ1n) is 3.50. The van der Waals surface area contributed by atoms with Gasteiger partial charge in [0.15, 0.2) is 5.78 Å². The van der Waals surface area contributed by atoms with E-state index in [1.807, 2.05) is 11.8 Å². The Kier molecular flexibility index (Phi) is 2.55. The number of hydrogen-bond donors (Lipinski definition) is 0. The van der Waals surface area contributed by atoms with Crippen LogP contribution in [0.3, 0.4) is 0 Å². The summed E-state index contributed by atoms with van der Waals surface area (Å²) in [7, 11) is 0. The maximum absolute atomic E-state index is 11.0. The third-order valence-electron chi connectivity index (χ3n) is 1.57. The fraction of sp³-hybridized carbons (Fsp3) is 0.625. The van der Waals surface area contributed by atoms with E-state index in [9.17, 15) is 4.79 Å². The molecule has 0 bridgehead atoms. The van der Waals surface area contributed by atoms with E-state index in [4.69, 9.17) is 0 Å². The molecule has 56 valence electrons. The van der Waals surface area contributed by atoms with Crippen LogP contribution in [-0.2, 0) is 4.79 Å². The molecule has 1 atom stereocenters. The number of carbonyl (C=O) groups excluding carboxylic acids is 1. The zero-order chi connectivity index (χ0) is 7.56. The molecule has 2 heteroatoms. The fourth-order valence-electron chi connectivity index (χ4n) is 0.740. The highest BCUT2D eigenvalue weighted by Gasteiger charge is 2.22. The number of allylic oxidation sites excluding steroid dienone is 1. The van der Waals surface area contributed by atoms with Gasteiger partial charge >= 0.3 is 0 Å². The second-order valence-electron chi connectivity index (χ2n) is 2.70. The molecule has 0 N–H and O–H groups in total. The van der Waals surface area contributed by atoms with Crippen molar-refractivity contribution in [1.29, 1.82) is 0 Å². The Balaban J connectivity index is 2.11. The standard InChI is InChI=1S/C8H12OS/c1-6(2)8(9)4-3-7-5-10-7/h7H,1,3-5H2,2H3. The van der Waals surface area contributed by atoms with Gasteiger partial charge in [-0.25, -0.2) is 0 Å². The highest BCUT2D eigenvalue weighted by atomic mass is 32.2. The van der Waals surface area contributed by atoms with Crippen LogP contribution in [0.4, 0.5) is 0 Å². The average molecular weight is 156 g/mol. The lowest BCUT2D eigenvalue weighted by molar-refractivity contribution is -0.115. The van der Waals surface area contributed by atoms with Gasteiger partial charge in [0.2, 0.25) is 0 Å². The SMILES string of the molecule is C=C(C)C(=O)CCC1CS1. The maximum atomic E-state index is 11.0. The number of Topliss-reactive ketones (excluding diaryl/α,β-unsaturated/α-hetero) is 1. The highest BCUT2D eigenvalue weighted by molar-refractivity contribution is 8.06. The van der Waals surface area contributed by atoms with Crippen LogP contribution in [0, 0.1) is 0 Å². The van der Waals surface area contributed by atoms with Gasteiger partial charge < -0.3 is 0 Å². The van der Waals surface area contributed by atoms with Crippen molar-refractivity contribution in [3.05, 3.63) is 12.2 Å². The predicted octanol–water partition coefficient (Wildman–Crippen LogP) is 2.03. The van der Waals surface area contributed by atoms with E-state index < -0.39 is 0 Å². The van der Waals surface area contributed by atoms with Crippen LogP contribution in [-0.4, -0.2) is 16.8 Å². The molecule has 1 rings (SSSR count). The molecule has 1 nitrogen and oxygen atoms in total. The zero-order valence-corrected chi connectivity index (χ0v) is 7.04. The van der Waals surface area contributed by atoms with Gasteiger partial charge in [-0.3, -0.25) is 4.79 Å². The van der Waals surface area contributed by atoms with Gasteiger partial charge in [0.25, 0.3) is 0 Å². The normalized spacial score (nSPS) is 22.3. The molecule has 0 saturated carbocycles. The molecule has 1 saturated heterocycles. The molecule has 0 amide bonds. The maximum Gasteiger partial charge on any atom is 0.158 e. The van der Waals surface area contributed by atoms with E-state index in [1.165, 1.54) is 5.75 Å². The van der Waals surface area contributed by atoms with Crippen molar-refractivity contribution in [2.24, 2.45) is 0 Å². The minimum absolute atomic E-state index is 0.229. The minimum Gasteiger partial charge on any atom is -0.295 e. The lowest BCUT2D eigenvalue weighted by atomic mass is 10.1. The second-order valence-corrected chi connectivity index (χ2v) is 4.03. The molecule has 0 aromatic rings. The van der Waals surface area contributed by atoms with Crippen LogP contribution in [0.5, 0.6) is 0 Å². The van der Waals surface area contributed by atoms with E-state index in [2.05, 4.69) is 6.58 Å². The number of hydrogen-bond acceptors (Lipinski definition) is 2. The molecular weight excluding hydrogens is 144 g/mol. The van der Waals surface area contributed by atoms with Crippen molar-refractivity contribution >= 4 is 17.5 Å². The third kappa shape index (κ3) is 2.56. The van der Waals surface area contributed by atoms with Gasteiger partial charge in [-0.2, -0.15) is 11.8 Å². The quantitative estimate of drug-likeness (QED) is 0.457. The van der Waals surface area contributed by atoms with Gasteiger partial charge in [0.1, 0.15) is 0 Å². The Morgan fingerprint density at radius 2 is 2.40 bits per heavy atom. The van der Waals surface area contributed by atoms with Crippen molar-refractivity contribution < 1.29 is 4.79 Å². The number of thioether (sulfide) groups is 1. The van der Waals surface area contributed by atoms with E-state index in [1.54, 1.807) is 6.92 Å². The summed E-state index contributed by atoms with van der Waals surface area (Å²) in [5.41, 5.74) is 0.700. The van der Waals surface area contributed by atoms with Crippen LogP contribution >= 0.6 is 11.8 Å². The fourth-order valence-corrected chi connectivity index (χ4v) is 1.33. The molecule has 0 aromatic carbocycles. The molecule has 0 aliphatic carbocycles. The van der Waals surface area contributed by atoms with Crippen molar-refractivity contribution in [2.75, 3.05) is 5.75 Å². The van der Waals surface area contributed by atoms with Crippen LogP contribution < -0.4 is 0 Å². The second kappa shape index (κ2) is 3.24. The summed E-state index contributed by atoms with van der Waals surface area (Å²) in [5, 5.41) is 0.781. The van der Waals surface area contributed by atoms with Crippen molar-refractivity contribution in [2.45, 2.75) is 25.0 Å². The molecule has 1 aliphatic rings. The number of ketones is 1. The monoisotopic (exact) mass is 156 g/mol. The number of rotatable bonds is 4. The van der Waals surface area contributed by atoms with E-state index >= 15 is 0 Å². The zero-order valence-electron chi connectivity index (χ0n) is 6.22. The smallest absolute Gasteiger partial charge is 0.158 e. The van der Waals surface area contributed by atoms with E-state index in [0.717, 1.165) is 11.7 Å². The predicted molar refractivity (Wildman–Crippen MR) is 45.3 cm³/mol. The minimum atomic E-state index is 0.229. The summed E-state index contributed by atoms with van der Waals surface area (Å²) in [6.45, 7) is 5.38. The summed E-state index contributed by atoms with van der Waals surface area (Å²) >= 11 is 1.94. The van der Waals surface area contributed by atoms with E-state index in [-0.39, 0.29) is 5.78 Å². The molecule has 1 aliphatic heterocycles. The first-order valence-corrected chi connectivity index (χ1v) is 4.55. The van der Waals surface area contributed by atoms with Crippen molar-refractivity contribution in [1.82, 2.24) is 0 Å². The highest BCUT2D eigenvalue weighted by Crippen LogP contribution is 2.34. The van der Waals surface area contributed by atoms with E-state index in [0.29, 0.717) is 12.0 Å². The van der Waals surface area contributed by atoms with Gasteiger partial charge in [0, 0.05) is 17.4 Å². The molecule has 1 heterocycles. The van der Waals surface area contributed by atoms with Crippen molar-refractivity contribution in [3.8, 4) is 0 Å². The van der Waals surface area contributed by atoms with Gasteiger partial charge in [-0.1, -0.05) is 6.58 Å². The lowest BCUT2D eigenvalue weighted by Gasteiger charge is -1.95. The summed E-state index contributed by atoms with van der Waals surface area (Å²) in [5.74, 6) is 1.48. The Labute approximate surface area is 65.9 Å². The molecule has 1 fully saturated rings. The summed E-state index contributed by atoms with van der Waals surface area (Å²) in [6.07, 6.45) is 1.75. The molecule has 0 spiro atoms. The topological polar surface area (TPSA) is 17.1 Å². The van der Waals surface area contributed by atoms with Gasteiger partial charge in [0.05, 0.1) is 0 Å². The first-order chi connectivity index (χ1) is 4.70. The molecular formula is C8H12OS. The van der Waals surface area contributed by atoms with Crippen LogP contribution in [0.2, 0.25) is 0 Å². The Hall–Kier alpha value is -0.240. The molecule has 1 unspecified atom stereocenters. The molecule has 0 radical (unpaired) electrons. The summed E-state index contributed by atoms with van der Waals surface area (Å²) < 4.78 is 0. The average Bonchev–Trinajstić information content (AvgIpc) is 2.64. The Morgan fingerprint density at radius 3 is 2.80 bits per heavy atom. The lowest BCUT2D eigenvalue weighted by Crippen LogP contribution is -1.99. The van der Waals surface area contributed by atoms with Gasteiger partial charge in [-0.15, -0.1) is 0 Å². The summed E-state index contributed by atoms with van der Waals surface area (Å²) in [4.78, 5) is 11.0. The molecule has 10 heavy (non-hydrogen) atoms. The third-order valence-corrected chi connectivity index (χ3v) is 2.61. The van der Waals surface area contributed by atoms with Crippen molar-refractivity contribution in [3.63, 3.8) is 0 Å². The van der Waals surface area contributed by atoms with Gasteiger partial charge in [-0.05, 0) is 18.9 Å². The Morgan fingerprint density at radius 1 is 1.80 bits per heavy atom. The first kappa shape index (κ1) is 7.86. The van der Waals surface area contributed by atoms with Crippen LogP contribution in [0.1, 0.15) is 19.8 Å². The van der Waals surface area contributed by atoms with Crippen LogP contribution in [0.25, 0.3) is 0 Å². The number of carbonyl (C=O) groups is 1. The van der Waals surface area contributed by atoms with Crippen LogP contribution in [0.15, 0.2) is 12.2 Å². The Bertz CT molecular complexity index is 159.